The van der Waals surface area contributed by atoms with Gasteiger partial charge in [-0.25, -0.2) is 0 Å². The summed E-state index contributed by atoms with van der Waals surface area (Å²) in [6.45, 7) is 1.92. The average Bonchev–Trinajstić information content (AvgIpc) is 2.39. The number of carbonyl (C=O) groups excluding carboxylic acids is 1. The van der Waals surface area contributed by atoms with E-state index in [9.17, 15) is 4.79 Å². The molecule has 0 spiro atoms. The van der Waals surface area contributed by atoms with E-state index in [1.165, 1.54) is 0 Å². The van der Waals surface area contributed by atoms with Gasteiger partial charge in [0, 0.05) is 16.5 Å². The van der Waals surface area contributed by atoms with Gasteiger partial charge in [-0.3, -0.25) is 4.79 Å². The molecule has 86 valence electrons. The van der Waals surface area contributed by atoms with Crippen molar-refractivity contribution < 1.29 is 4.79 Å². The molecular weight excluding hydrogens is 232 g/mol. The summed E-state index contributed by atoms with van der Waals surface area (Å²) < 4.78 is 0. The molecular formula is C15H13ClO. The zero-order valence-electron chi connectivity index (χ0n) is 9.56. The van der Waals surface area contributed by atoms with Gasteiger partial charge in [0.05, 0.1) is 0 Å². The number of carbonyl (C=O) groups is 1. The molecule has 1 atom stereocenters. The molecule has 0 fully saturated rings. The van der Waals surface area contributed by atoms with Gasteiger partial charge in [-0.15, -0.1) is 0 Å². The first-order chi connectivity index (χ1) is 8.18. The number of Topliss-reactive ketones (excluding diaryl/α,β-unsaturated/α-hetero) is 1. The second-order valence-corrected chi connectivity index (χ2v) is 4.44. The van der Waals surface area contributed by atoms with Crippen LogP contribution in [0.25, 0.3) is 0 Å². The van der Waals surface area contributed by atoms with Crippen molar-refractivity contribution in [3.05, 3.63) is 70.7 Å². The molecule has 1 unspecified atom stereocenters. The quantitative estimate of drug-likeness (QED) is 0.735. The van der Waals surface area contributed by atoms with E-state index in [0.717, 1.165) is 11.1 Å². The molecule has 0 radical (unpaired) electrons. The fourth-order valence-electron chi connectivity index (χ4n) is 1.76. The molecule has 2 heteroatoms. The Morgan fingerprint density at radius 1 is 1.00 bits per heavy atom. The lowest BCUT2D eigenvalue weighted by Crippen LogP contribution is -2.09. The van der Waals surface area contributed by atoms with Crippen LogP contribution in [0.4, 0.5) is 0 Å². The zero-order valence-corrected chi connectivity index (χ0v) is 10.3. The summed E-state index contributed by atoms with van der Waals surface area (Å²) in [6.07, 6.45) is 0. The predicted octanol–water partition coefficient (Wildman–Crippen LogP) is 4.33. The summed E-state index contributed by atoms with van der Waals surface area (Å²) in [4.78, 5) is 12.2. The fourth-order valence-corrected chi connectivity index (χ4v) is 1.88. The van der Waals surface area contributed by atoms with Gasteiger partial charge >= 0.3 is 0 Å². The van der Waals surface area contributed by atoms with Gasteiger partial charge in [0.2, 0.25) is 0 Å². The molecule has 2 rings (SSSR count). The van der Waals surface area contributed by atoms with Crippen LogP contribution in [0.1, 0.15) is 28.8 Å². The molecule has 0 bridgehead atoms. The molecule has 0 N–H and O–H groups in total. The Morgan fingerprint density at radius 2 is 1.59 bits per heavy atom. The third-order valence-corrected chi connectivity index (χ3v) is 3.07. The van der Waals surface area contributed by atoms with E-state index < -0.39 is 0 Å². The lowest BCUT2D eigenvalue weighted by molar-refractivity contribution is 0.0966. The minimum absolute atomic E-state index is 0.132. The van der Waals surface area contributed by atoms with E-state index >= 15 is 0 Å². The summed E-state index contributed by atoms with van der Waals surface area (Å²) >= 11 is 5.83. The van der Waals surface area contributed by atoms with Gasteiger partial charge in [-0.1, -0.05) is 61.0 Å². The fraction of sp³-hybridized carbons (Fsp3) is 0.133. The summed E-state index contributed by atoms with van der Waals surface area (Å²) in [5.41, 5.74) is 1.73. The van der Waals surface area contributed by atoms with Crippen LogP contribution in [0.15, 0.2) is 54.6 Å². The Balaban J connectivity index is 2.23. The van der Waals surface area contributed by atoms with Crippen LogP contribution in [0, 0.1) is 0 Å². The molecule has 2 aromatic rings. The smallest absolute Gasteiger partial charge is 0.170 e. The van der Waals surface area contributed by atoms with Crippen molar-refractivity contribution in [2.24, 2.45) is 0 Å². The van der Waals surface area contributed by atoms with E-state index in [-0.39, 0.29) is 11.7 Å². The summed E-state index contributed by atoms with van der Waals surface area (Å²) in [5, 5.41) is 0.688. The number of ketones is 1. The maximum atomic E-state index is 12.2. The van der Waals surface area contributed by atoms with Crippen LogP contribution in [-0.2, 0) is 0 Å². The van der Waals surface area contributed by atoms with Gasteiger partial charge in [-0.2, -0.15) is 0 Å². The van der Waals surface area contributed by atoms with Crippen molar-refractivity contribution in [2.45, 2.75) is 12.8 Å². The third-order valence-electron chi connectivity index (χ3n) is 2.82. The molecule has 0 aliphatic carbocycles. The monoisotopic (exact) mass is 244 g/mol. The van der Waals surface area contributed by atoms with Crippen molar-refractivity contribution in [3.8, 4) is 0 Å². The highest BCUT2D eigenvalue weighted by molar-refractivity contribution is 6.30. The van der Waals surface area contributed by atoms with E-state index in [1.54, 1.807) is 0 Å². The second-order valence-electron chi connectivity index (χ2n) is 4.00. The number of halogens is 1. The van der Waals surface area contributed by atoms with E-state index in [2.05, 4.69) is 0 Å². The molecule has 0 saturated carbocycles. The van der Waals surface area contributed by atoms with E-state index in [4.69, 9.17) is 11.6 Å². The van der Waals surface area contributed by atoms with Gasteiger partial charge in [-0.05, 0) is 17.7 Å². The van der Waals surface area contributed by atoms with Crippen LogP contribution in [0.5, 0.6) is 0 Å². The molecule has 1 nitrogen and oxygen atoms in total. The lowest BCUT2D eigenvalue weighted by atomic mass is 9.92. The SMILES string of the molecule is CC(C(=O)c1ccccc1)c1ccc(Cl)cc1. The number of hydrogen-bond donors (Lipinski definition) is 0. The first kappa shape index (κ1) is 11.9. The zero-order chi connectivity index (χ0) is 12.3. The van der Waals surface area contributed by atoms with Crippen molar-refractivity contribution in [3.63, 3.8) is 0 Å². The Morgan fingerprint density at radius 3 is 2.18 bits per heavy atom. The third kappa shape index (κ3) is 2.75. The molecule has 0 aliphatic rings. The van der Waals surface area contributed by atoms with Gasteiger partial charge in [0.25, 0.3) is 0 Å². The Bertz CT molecular complexity index is 502. The number of rotatable bonds is 3. The summed E-state index contributed by atoms with van der Waals surface area (Å²) in [6, 6.07) is 16.8. The number of hydrogen-bond acceptors (Lipinski definition) is 1. The van der Waals surface area contributed by atoms with Crippen molar-refractivity contribution in [1.29, 1.82) is 0 Å². The normalized spacial score (nSPS) is 12.1. The van der Waals surface area contributed by atoms with Crippen molar-refractivity contribution in [1.82, 2.24) is 0 Å². The largest absolute Gasteiger partial charge is 0.294 e. The first-order valence-corrected chi connectivity index (χ1v) is 5.91. The molecule has 0 amide bonds. The van der Waals surface area contributed by atoms with Crippen LogP contribution in [-0.4, -0.2) is 5.78 Å². The van der Waals surface area contributed by atoms with Crippen molar-refractivity contribution >= 4 is 17.4 Å². The van der Waals surface area contributed by atoms with Crippen LogP contribution in [0.2, 0.25) is 5.02 Å². The maximum Gasteiger partial charge on any atom is 0.170 e. The molecule has 0 heterocycles. The van der Waals surface area contributed by atoms with Gasteiger partial charge < -0.3 is 0 Å². The maximum absolute atomic E-state index is 12.2. The predicted molar refractivity (Wildman–Crippen MR) is 70.6 cm³/mol. The first-order valence-electron chi connectivity index (χ1n) is 5.53. The Hall–Kier alpha value is -1.60. The molecule has 0 saturated heterocycles. The van der Waals surface area contributed by atoms with Crippen LogP contribution >= 0.6 is 11.6 Å². The van der Waals surface area contributed by atoms with E-state index in [1.807, 2.05) is 61.5 Å². The molecule has 0 aliphatic heterocycles. The van der Waals surface area contributed by atoms with Crippen LogP contribution < -0.4 is 0 Å². The topological polar surface area (TPSA) is 17.1 Å². The number of benzene rings is 2. The average molecular weight is 245 g/mol. The Kier molecular flexibility index (Phi) is 3.60. The molecule has 0 aromatic heterocycles. The second kappa shape index (κ2) is 5.15. The lowest BCUT2D eigenvalue weighted by Gasteiger charge is -2.10. The highest BCUT2D eigenvalue weighted by atomic mass is 35.5. The molecule has 2 aromatic carbocycles. The van der Waals surface area contributed by atoms with E-state index in [0.29, 0.717) is 5.02 Å². The highest BCUT2D eigenvalue weighted by Gasteiger charge is 2.16. The van der Waals surface area contributed by atoms with Gasteiger partial charge in [0.15, 0.2) is 5.78 Å². The van der Waals surface area contributed by atoms with Crippen molar-refractivity contribution in [2.75, 3.05) is 0 Å². The summed E-state index contributed by atoms with van der Waals surface area (Å²) in [5.74, 6) is -0.0115. The Labute approximate surface area is 106 Å². The standard InChI is InChI=1S/C15H13ClO/c1-11(12-7-9-14(16)10-8-12)15(17)13-5-3-2-4-6-13/h2-11H,1H3. The summed E-state index contributed by atoms with van der Waals surface area (Å²) in [7, 11) is 0. The van der Waals surface area contributed by atoms with Crippen LogP contribution in [0.3, 0.4) is 0 Å². The minimum atomic E-state index is -0.144. The molecule has 17 heavy (non-hydrogen) atoms. The van der Waals surface area contributed by atoms with Gasteiger partial charge in [0.1, 0.15) is 0 Å². The minimum Gasteiger partial charge on any atom is -0.294 e. The highest BCUT2D eigenvalue weighted by Crippen LogP contribution is 2.22.